The fourth-order valence-electron chi connectivity index (χ4n) is 2.28. The van der Waals surface area contributed by atoms with Crippen LogP contribution < -0.4 is 5.73 Å². The largest absolute Gasteiger partial charge is 0.383 e. The van der Waals surface area contributed by atoms with Gasteiger partial charge in [0.05, 0.1) is 0 Å². The summed E-state index contributed by atoms with van der Waals surface area (Å²) in [6, 6.07) is 3.21. The second-order valence-corrected chi connectivity index (χ2v) is 6.07. The SMILES string of the molecule is CCC1CCCN1S(=O)(=O)c1cccnc1N. The molecule has 2 rings (SSSR count). The quantitative estimate of drug-likeness (QED) is 0.881. The van der Waals surface area contributed by atoms with Crippen molar-refractivity contribution in [3.05, 3.63) is 18.3 Å². The molecule has 2 N–H and O–H groups in total. The van der Waals surface area contributed by atoms with Crippen LogP contribution in [0.4, 0.5) is 5.82 Å². The highest BCUT2D eigenvalue weighted by molar-refractivity contribution is 7.89. The summed E-state index contributed by atoms with van der Waals surface area (Å²) < 4.78 is 26.4. The zero-order valence-electron chi connectivity index (χ0n) is 9.83. The van der Waals surface area contributed by atoms with Crippen molar-refractivity contribution in [2.45, 2.75) is 37.1 Å². The molecule has 1 aliphatic heterocycles. The third-order valence-electron chi connectivity index (χ3n) is 3.18. The number of sulfonamides is 1. The summed E-state index contributed by atoms with van der Waals surface area (Å²) in [7, 11) is -3.48. The molecule has 1 atom stereocenters. The lowest BCUT2D eigenvalue weighted by Gasteiger charge is -2.23. The van der Waals surface area contributed by atoms with Crippen LogP contribution in [-0.4, -0.2) is 30.3 Å². The lowest BCUT2D eigenvalue weighted by molar-refractivity contribution is 0.380. The lowest BCUT2D eigenvalue weighted by Crippen LogP contribution is -2.35. The third-order valence-corrected chi connectivity index (χ3v) is 5.18. The third kappa shape index (κ3) is 2.14. The van der Waals surface area contributed by atoms with Gasteiger partial charge in [0.1, 0.15) is 10.7 Å². The number of rotatable bonds is 3. The van der Waals surface area contributed by atoms with Gasteiger partial charge in [-0.15, -0.1) is 0 Å². The number of pyridine rings is 1. The number of nitrogens with two attached hydrogens (primary N) is 1. The molecule has 1 aromatic rings. The molecule has 0 bridgehead atoms. The van der Waals surface area contributed by atoms with Gasteiger partial charge < -0.3 is 5.73 Å². The molecule has 2 heterocycles. The number of nitrogens with zero attached hydrogens (tertiary/aromatic N) is 2. The second-order valence-electron chi connectivity index (χ2n) is 4.21. The van der Waals surface area contributed by atoms with Crippen LogP contribution >= 0.6 is 0 Å². The molecule has 1 aromatic heterocycles. The average Bonchev–Trinajstić information content (AvgIpc) is 2.78. The van der Waals surface area contributed by atoms with E-state index in [0.29, 0.717) is 6.54 Å². The summed E-state index contributed by atoms with van der Waals surface area (Å²) in [5.41, 5.74) is 5.64. The molecule has 1 saturated heterocycles. The van der Waals surface area contributed by atoms with E-state index in [2.05, 4.69) is 4.98 Å². The molecule has 0 aliphatic carbocycles. The molecule has 0 saturated carbocycles. The van der Waals surface area contributed by atoms with Crippen LogP contribution in [-0.2, 0) is 10.0 Å². The van der Waals surface area contributed by atoms with E-state index in [1.807, 2.05) is 6.92 Å². The van der Waals surface area contributed by atoms with Gasteiger partial charge in [0, 0.05) is 18.8 Å². The average molecular weight is 255 g/mol. The molecule has 1 fully saturated rings. The Morgan fingerprint density at radius 1 is 1.59 bits per heavy atom. The predicted molar refractivity (Wildman–Crippen MR) is 65.9 cm³/mol. The molecule has 5 nitrogen and oxygen atoms in total. The summed E-state index contributed by atoms with van der Waals surface area (Å²) >= 11 is 0. The van der Waals surface area contributed by atoms with Gasteiger partial charge in [-0.2, -0.15) is 4.31 Å². The molecule has 0 spiro atoms. The Morgan fingerprint density at radius 2 is 2.35 bits per heavy atom. The molecule has 0 radical (unpaired) electrons. The maximum atomic E-state index is 12.4. The van der Waals surface area contributed by atoms with Gasteiger partial charge in [-0.1, -0.05) is 6.92 Å². The Morgan fingerprint density at radius 3 is 3.00 bits per heavy atom. The number of hydrogen-bond donors (Lipinski definition) is 1. The fraction of sp³-hybridized carbons (Fsp3) is 0.545. The first kappa shape index (κ1) is 12.3. The van der Waals surface area contributed by atoms with Crippen molar-refractivity contribution >= 4 is 15.8 Å². The highest BCUT2D eigenvalue weighted by Crippen LogP contribution is 2.29. The molecule has 1 aliphatic rings. The van der Waals surface area contributed by atoms with Gasteiger partial charge in [0.2, 0.25) is 10.0 Å². The van der Waals surface area contributed by atoms with Crippen LogP contribution in [0.25, 0.3) is 0 Å². The van der Waals surface area contributed by atoms with Gasteiger partial charge in [0.25, 0.3) is 0 Å². The molecular formula is C11H17N3O2S. The van der Waals surface area contributed by atoms with E-state index < -0.39 is 10.0 Å². The number of anilines is 1. The van der Waals surface area contributed by atoms with E-state index >= 15 is 0 Å². The normalized spacial score (nSPS) is 21.8. The standard InChI is InChI=1S/C11H17N3O2S/c1-2-9-5-4-8-14(9)17(15,16)10-6-3-7-13-11(10)12/h3,6-7,9H,2,4-5,8H2,1H3,(H2,12,13). The molecular weight excluding hydrogens is 238 g/mol. The summed E-state index contributed by atoms with van der Waals surface area (Å²) in [4.78, 5) is 3.96. The highest BCUT2D eigenvalue weighted by Gasteiger charge is 2.35. The van der Waals surface area contributed by atoms with Crippen LogP contribution in [0.15, 0.2) is 23.2 Å². The van der Waals surface area contributed by atoms with Crippen molar-refractivity contribution in [1.29, 1.82) is 0 Å². The number of hydrogen-bond acceptors (Lipinski definition) is 4. The minimum atomic E-state index is -3.48. The Kier molecular flexibility index (Phi) is 3.35. The van der Waals surface area contributed by atoms with Crippen molar-refractivity contribution in [2.24, 2.45) is 0 Å². The van der Waals surface area contributed by atoms with E-state index in [0.717, 1.165) is 19.3 Å². The van der Waals surface area contributed by atoms with Crippen LogP contribution in [0.5, 0.6) is 0 Å². The minimum absolute atomic E-state index is 0.0780. The predicted octanol–water partition coefficient (Wildman–Crippen LogP) is 1.23. The van der Waals surface area contributed by atoms with Crippen molar-refractivity contribution < 1.29 is 8.42 Å². The minimum Gasteiger partial charge on any atom is -0.383 e. The topological polar surface area (TPSA) is 76.3 Å². The van der Waals surface area contributed by atoms with Gasteiger partial charge in [-0.05, 0) is 31.4 Å². The first-order valence-corrected chi connectivity index (χ1v) is 7.23. The van der Waals surface area contributed by atoms with Crippen LogP contribution in [0, 0.1) is 0 Å². The van der Waals surface area contributed by atoms with Crippen molar-refractivity contribution in [2.75, 3.05) is 12.3 Å². The summed E-state index contributed by atoms with van der Waals surface area (Å²) in [5.74, 6) is 0.0780. The van der Waals surface area contributed by atoms with Gasteiger partial charge >= 0.3 is 0 Å². The van der Waals surface area contributed by atoms with E-state index in [1.54, 1.807) is 10.4 Å². The molecule has 17 heavy (non-hydrogen) atoms. The van der Waals surface area contributed by atoms with E-state index in [4.69, 9.17) is 5.73 Å². The summed E-state index contributed by atoms with van der Waals surface area (Å²) in [6.45, 7) is 2.58. The number of nitrogen functional groups attached to an aromatic ring is 1. The van der Waals surface area contributed by atoms with Gasteiger partial charge in [0.15, 0.2) is 0 Å². The fourth-order valence-corrected chi connectivity index (χ4v) is 4.12. The first-order chi connectivity index (χ1) is 8.07. The Labute approximate surface area is 102 Å². The Hall–Kier alpha value is -1.14. The Bertz CT molecular complexity index is 501. The molecule has 0 aromatic carbocycles. The maximum absolute atomic E-state index is 12.4. The molecule has 94 valence electrons. The highest BCUT2D eigenvalue weighted by atomic mass is 32.2. The van der Waals surface area contributed by atoms with Gasteiger partial charge in [-0.25, -0.2) is 13.4 Å². The molecule has 1 unspecified atom stereocenters. The van der Waals surface area contributed by atoms with E-state index in [9.17, 15) is 8.42 Å². The van der Waals surface area contributed by atoms with Gasteiger partial charge in [-0.3, -0.25) is 0 Å². The van der Waals surface area contributed by atoms with E-state index in [1.165, 1.54) is 12.3 Å². The zero-order valence-corrected chi connectivity index (χ0v) is 10.7. The lowest BCUT2D eigenvalue weighted by atomic mass is 10.2. The van der Waals surface area contributed by atoms with Crippen LogP contribution in [0.1, 0.15) is 26.2 Å². The second kappa shape index (κ2) is 4.62. The van der Waals surface area contributed by atoms with Crippen molar-refractivity contribution in [3.8, 4) is 0 Å². The summed E-state index contributed by atoms with van der Waals surface area (Å²) in [6.07, 6.45) is 4.17. The van der Waals surface area contributed by atoms with Crippen LogP contribution in [0.2, 0.25) is 0 Å². The Balaban J connectivity index is 2.40. The number of aromatic nitrogens is 1. The monoisotopic (exact) mass is 255 g/mol. The maximum Gasteiger partial charge on any atom is 0.246 e. The van der Waals surface area contributed by atoms with Crippen molar-refractivity contribution in [1.82, 2.24) is 9.29 Å². The summed E-state index contributed by atoms with van der Waals surface area (Å²) in [5, 5.41) is 0. The van der Waals surface area contributed by atoms with E-state index in [-0.39, 0.29) is 16.8 Å². The molecule has 0 amide bonds. The zero-order chi connectivity index (χ0) is 12.5. The smallest absolute Gasteiger partial charge is 0.246 e. The van der Waals surface area contributed by atoms with Crippen molar-refractivity contribution in [3.63, 3.8) is 0 Å². The molecule has 6 heteroatoms. The first-order valence-electron chi connectivity index (χ1n) is 5.79. The van der Waals surface area contributed by atoms with Crippen LogP contribution in [0.3, 0.4) is 0 Å².